The Hall–Kier alpha value is -0.900. The Morgan fingerprint density at radius 1 is 1.14 bits per heavy atom. The van der Waals surface area contributed by atoms with Gasteiger partial charge in [-0.15, -0.1) is 12.3 Å². The van der Waals surface area contributed by atoms with E-state index in [1.54, 1.807) is 0 Å². The van der Waals surface area contributed by atoms with Crippen LogP contribution in [-0.2, 0) is 0 Å². The molecular formula is C20H28O. The Balaban J connectivity index is 1.64. The Morgan fingerprint density at radius 3 is 2.81 bits per heavy atom. The summed E-state index contributed by atoms with van der Waals surface area (Å²) < 4.78 is 0. The number of rotatable bonds is 0. The first kappa shape index (κ1) is 13.7. The number of allylic oxidation sites excluding steroid dienone is 2. The van der Waals surface area contributed by atoms with Crippen molar-refractivity contribution in [2.24, 2.45) is 40.9 Å². The van der Waals surface area contributed by atoms with Gasteiger partial charge in [-0.3, -0.25) is 0 Å². The quantitative estimate of drug-likeness (QED) is 0.625. The second-order valence-electron chi connectivity index (χ2n) is 8.34. The standard InChI is InChI=1S/C20H28O/c1-3-14-8-10-17-15-9-7-13-5-4-6-18(21)19(13)16(15)11-12-20(14,17)2/h1,6,13-17,19,21H,4-5,7-12H2,2H3/t13?,14-,15-,16+,17+,19+,20-/m1/s1. The molecule has 21 heavy (non-hydrogen) atoms. The molecule has 4 aliphatic rings. The number of aliphatic hydroxyl groups excluding tert-OH is 1. The van der Waals surface area contributed by atoms with Crippen molar-refractivity contribution in [3.63, 3.8) is 0 Å². The summed E-state index contributed by atoms with van der Waals surface area (Å²) in [6.07, 6.45) is 18.2. The molecule has 0 aromatic heterocycles. The minimum atomic E-state index is 0.386. The first-order valence-corrected chi connectivity index (χ1v) is 9.00. The molecule has 1 N–H and O–H groups in total. The summed E-state index contributed by atoms with van der Waals surface area (Å²) in [7, 11) is 0. The lowest BCUT2D eigenvalue weighted by molar-refractivity contribution is -0.0481. The van der Waals surface area contributed by atoms with Gasteiger partial charge in [0.05, 0.1) is 5.76 Å². The van der Waals surface area contributed by atoms with Crippen LogP contribution in [0.2, 0.25) is 0 Å². The molecule has 0 radical (unpaired) electrons. The van der Waals surface area contributed by atoms with Gasteiger partial charge in [-0.2, -0.15) is 0 Å². The number of hydrogen-bond donors (Lipinski definition) is 1. The molecule has 0 aliphatic heterocycles. The van der Waals surface area contributed by atoms with Gasteiger partial charge in [0, 0.05) is 11.8 Å². The van der Waals surface area contributed by atoms with Crippen LogP contribution in [0, 0.1) is 53.3 Å². The van der Waals surface area contributed by atoms with E-state index in [0.717, 1.165) is 35.9 Å². The molecule has 3 fully saturated rings. The third-order valence-electron chi connectivity index (χ3n) is 7.77. The molecule has 7 atom stereocenters. The van der Waals surface area contributed by atoms with E-state index in [1.807, 2.05) is 0 Å². The van der Waals surface area contributed by atoms with Gasteiger partial charge in [0.15, 0.2) is 0 Å². The second kappa shape index (κ2) is 4.80. The predicted molar refractivity (Wildman–Crippen MR) is 85.5 cm³/mol. The van der Waals surface area contributed by atoms with Crippen LogP contribution < -0.4 is 0 Å². The first-order valence-electron chi connectivity index (χ1n) is 9.00. The molecule has 0 saturated heterocycles. The van der Waals surface area contributed by atoms with E-state index in [1.165, 1.54) is 44.9 Å². The summed E-state index contributed by atoms with van der Waals surface area (Å²) in [6, 6.07) is 0. The van der Waals surface area contributed by atoms with Crippen molar-refractivity contribution < 1.29 is 5.11 Å². The third kappa shape index (κ3) is 1.84. The van der Waals surface area contributed by atoms with Crippen molar-refractivity contribution in [3.05, 3.63) is 11.8 Å². The Labute approximate surface area is 129 Å². The smallest absolute Gasteiger partial charge is 0.0919 e. The number of hydrogen-bond acceptors (Lipinski definition) is 1. The average molecular weight is 284 g/mol. The maximum absolute atomic E-state index is 10.5. The van der Waals surface area contributed by atoms with Crippen molar-refractivity contribution in [3.8, 4) is 12.3 Å². The fraction of sp³-hybridized carbons (Fsp3) is 0.800. The van der Waals surface area contributed by atoms with Crippen LogP contribution >= 0.6 is 0 Å². The highest BCUT2D eigenvalue weighted by Gasteiger charge is 2.56. The monoisotopic (exact) mass is 284 g/mol. The average Bonchev–Trinajstić information content (AvgIpc) is 2.83. The zero-order valence-corrected chi connectivity index (χ0v) is 13.2. The predicted octanol–water partition coefficient (Wildman–Crippen LogP) is 4.94. The highest BCUT2D eigenvalue weighted by Crippen LogP contribution is 2.64. The summed E-state index contributed by atoms with van der Waals surface area (Å²) in [6.45, 7) is 2.47. The molecule has 4 aliphatic carbocycles. The van der Waals surface area contributed by atoms with E-state index in [-0.39, 0.29) is 0 Å². The molecule has 1 nitrogen and oxygen atoms in total. The zero-order chi connectivity index (χ0) is 14.6. The maximum atomic E-state index is 10.5. The summed E-state index contributed by atoms with van der Waals surface area (Å²) in [5, 5.41) is 10.5. The molecule has 1 heteroatoms. The van der Waals surface area contributed by atoms with Crippen LogP contribution in [0.25, 0.3) is 0 Å². The fourth-order valence-electron chi connectivity index (χ4n) is 6.75. The molecule has 3 saturated carbocycles. The molecule has 114 valence electrons. The molecule has 4 rings (SSSR count). The van der Waals surface area contributed by atoms with Crippen molar-refractivity contribution >= 4 is 0 Å². The molecular weight excluding hydrogens is 256 g/mol. The first-order chi connectivity index (χ1) is 10.1. The van der Waals surface area contributed by atoms with Crippen molar-refractivity contribution in [1.29, 1.82) is 0 Å². The van der Waals surface area contributed by atoms with Crippen molar-refractivity contribution in [2.45, 2.75) is 58.3 Å². The normalized spacial score (nSPS) is 52.1. The minimum Gasteiger partial charge on any atom is -0.512 e. The fourth-order valence-corrected chi connectivity index (χ4v) is 6.75. The van der Waals surface area contributed by atoms with E-state index in [0.29, 0.717) is 17.3 Å². The van der Waals surface area contributed by atoms with Gasteiger partial charge in [-0.05, 0) is 86.5 Å². The number of terminal acetylenes is 1. The second-order valence-corrected chi connectivity index (χ2v) is 8.34. The topological polar surface area (TPSA) is 20.2 Å². The highest BCUT2D eigenvalue weighted by atomic mass is 16.3. The molecule has 0 heterocycles. The van der Waals surface area contributed by atoms with Gasteiger partial charge in [0.1, 0.15) is 0 Å². The van der Waals surface area contributed by atoms with Gasteiger partial charge in [0.25, 0.3) is 0 Å². The van der Waals surface area contributed by atoms with Crippen LogP contribution in [-0.4, -0.2) is 5.11 Å². The Kier molecular flexibility index (Phi) is 3.14. The summed E-state index contributed by atoms with van der Waals surface area (Å²) in [5.41, 5.74) is 0.386. The highest BCUT2D eigenvalue weighted by molar-refractivity contribution is 5.16. The van der Waals surface area contributed by atoms with Gasteiger partial charge in [-0.25, -0.2) is 0 Å². The Bertz CT molecular complexity index is 498. The van der Waals surface area contributed by atoms with Gasteiger partial charge >= 0.3 is 0 Å². The number of aliphatic hydroxyl groups is 1. The van der Waals surface area contributed by atoms with Gasteiger partial charge in [-0.1, -0.05) is 6.92 Å². The Morgan fingerprint density at radius 2 is 2.00 bits per heavy atom. The van der Waals surface area contributed by atoms with Crippen LogP contribution in [0.15, 0.2) is 11.8 Å². The van der Waals surface area contributed by atoms with Crippen LogP contribution in [0.3, 0.4) is 0 Å². The van der Waals surface area contributed by atoms with E-state index in [4.69, 9.17) is 6.42 Å². The van der Waals surface area contributed by atoms with E-state index in [9.17, 15) is 5.11 Å². The maximum Gasteiger partial charge on any atom is 0.0919 e. The van der Waals surface area contributed by atoms with Gasteiger partial charge < -0.3 is 5.11 Å². The van der Waals surface area contributed by atoms with Crippen molar-refractivity contribution in [1.82, 2.24) is 0 Å². The number of fused-ring (bicyclic) bond motifs is 5. The lowest BCUT2D eigenvalue weighted by Crippen LogP contribution is -2.48. The molecule has 0 bridgehead atoms. The summed E-state index contributed by atoms with van der Waals surface area (Å²) in [5.74, 6) is 7.93. The molecule has 0 aromatic carbocycles. The molecule has 0 amide bonds. The lowest BCUT2D eigenvalue weighted by atomic mass is 9.50. The van der Waals surface area contributed by atoms with E-state index >= 15 is 0 Å². The minimum absolute atomic E-state index is 0.386. The lowest BCUT2D eigenvalue weighted by Gasteiger charge is -2.54. The summed E-state index contributed by atoms with van der Waals surface area (Å²) in [4.78, 5) is 0. The molecule has 0 aromatic rings. The van der Waals surface area contributed by atoms with E-state index in [2.05, 4.69) is 18.9 Å². The largest absolute Gasteiger partial charge is 0.512 e. The van der Waals surface area contributed by atoms with Crippen LogP contribution in [0.1, 0.15) is 58.3 Å². The zero-order valence-electron chi connectivity index (χ0n) is 13.2. The molecule has 1 unspecified atom stereocenters. The third-order valence-corrected chi connectivity index (χ3v) is 7.77. The van der Waals surface area contributed by atoms with Crippen LogP contribution in [0.5, 0.6) is 0 Å². The summed E-state index contributed by atoms with van der Waals surface area (Å²) >= 11 is 0. The van der Waals surface area contributed by atoms with Crippen LogP contribution in [0.4, 0.5) is 0 Å². The van der Waals surface area contributed by atoms with E-state index < -0.39 is 0 Å². The van der Waals surface area contributed by atoms with Gasteiger partial charge in [0.2, 0.25) is 0 Å². The molecule has 0 spiro atoms. The SMILES string of the molecule is C#C[C@@H]1CC[C@H]2[C@@H]3CCC4CCC=C(O)[C@@H]4[C@H]3CC[C@]12C. The van der Waals surface area contributed by atoms with Crippen molar-refractivity contribution in [2.75, 3.05) is 0 Å².